The van der Waals surface area contributed by atoms with E-state index < -0.39 is 11.6 Å². The molecule has 3 rings (SSSR count). The molecule has 1 aliphatic heterocycles. The van der Waals surface area contributed by atoms with E-state index in [1.165, 1.54) is 18.2 Å². The smallest absolute Gasteiger partial charge is 0.191 e. The van der Waals surface area contributed by atoms with Crippen LogP contribution < -0.4 is 29.7 Å². The highest BCUT2D eigenvalue weighted by Gasteiger charge is 2.27. The Labute approximate surface area is 204 Å². The third kappa shape index (κ3) is 5.84. The summed E-state index contributed by atoms with van der Waals surface area (Å²) >= 11 is 0. The standard InChI is InChI=1S/C22H28F2N4O3.HI/c1-25-22(26-12-16-19(30-3)10-15(29-2)11-20(16)31-4)27-14-8-9-28(13-14)21-17(23)6-5-7-18(21)24;/h5-7,10-11,14H,8-9,12-13H2,1-4H3,(H2,25,26,27);1H. The number of aliphatic imine (C=N–C) groups is 1. The van der Waals surface area contributed by atoms with Gasteiger partial charge in [-0.1, -0.05) is 6.07 Å². The van der Waals surface area contributed by atoms with Crippen LogP contribution in [0.3, 0.4) is 0 Å². The van der Waals surface area contributed by atoms with Gasteiger partial charge in [0.25, 0.3) is 0 Å². The minimum absolute atomic E-state index is 0. The normalized spacial score (nSPS) is 15.8. The highest BCUT2D eigenvalue weighted by molar-refractivity contribution is 14.0. The van der Waals surface area contributed by atoms with E-state index in [2.05, 4.69) is 15.6 Å². The predicted molar refractivity (Wildman–Crippen MR) is 132 cm³/mol. The quantitative estimate of drug-likeness (QED) is 0.306. The first kappa shape index (κ1) is 25.8. The number of para-hydroxylation sites is 1. The molecule has 1 fully saturated rings. The highest BCUT2D eigenvalue weighted by Crippen LogP contribution is 2.34. The zero-order valence-electron chi connectivity index (χ0n) is 18.6. The molecular formula is C22H29F2IN4O3. The van der Waals surface area contributed by atoms with Crippen molar-refractivity contribution in [2.75, 3.05) is 46.4 Å². The van der Waals surface area contributed by atoms with Crippen LogP contribution in [-0.2, 0) is 6.54 Å². The van der Waals surface area contributed by atoms with E-state index in [9.17, 15) is 8.78 Å². The van der Waals surface area contributed by atoms with Gasteiger partial charge in [-0.05, 0) is 18.6 Å². The summed E-state index contributed by atoms with van der Waals surface area (Å²) in [4.78, 5) is 5.98. The lowest BCUT2D eigenvalue weighted by Crippen LogP contribution is -2.44. The van der Waals surface area contributed by atoms with E-state index in [0.29, 0.717) is 42.8 Å². The van der Waals surface area contributed by atoms with Crippen LogP contribution >= 0.6 is 24.0 Å². The minimum Gasteiger partial charge on any atom is -0.496 e. The van der Waals surface area contributed by atoms with Crippen LogP contribution in [0.1, 0.15) is 12.0 Å². The lowest BCUT2D eigenvalue weighted by molar-refractivity contribution is 0.368. The first-order chi connectivity index (χ1) is 15.0. The molecule has 10 heteroatoms. The van der Waals surface area contributed by atoms with Gasteiger partial charge in [-0.3, -0.25) is 4.99 Å². The number of hydrogen-bond donors (Lipinski definition) is 2. The van der Waals surface area contributed by atoms with Crippen molar-refractivity contribution in [3.8, 4) is 17.2 Å². The van der Waals surface area contributed by atoms with Crippen molar-refractivity contribution < 1.29 is 23.0 Å². The van der Waals surface area contributed by atoms with E-state index in [4.69, 9.17) is 14.2 Å². The molecule has 1 unspecified atom stereocenters. The molecule has 0 spiro atoms. The van der Waals surface area contributed by atoms with Gasteiger partial charge in [0, 0.05) is 38.3 Å². The van der Waals surface area contributed by atoms with E-state index in [1.54, 1.807) is 45.4 Å². The lowest BCUT2D eigenvalue weighted by atomic mass is 10.1. The molecule has 32 heavy (non-hydrogen) atoms. The molecule has 0 amide bonds. The fourth-order valence-electron chi connectivity index (χ4n) is 3.68. The number of halogens is 3. The van der Waals surface area contributed by atoms with Gasteiger partial charge in [0.15, 0.2) is 5.96 Å². The number of rotatable bonds is 7. The first-order valence-corrected chi connectivity index (χ1v) is 9.95. The molecular weight excluding hydrogens is 533 g/mol. The maximum absolute atomic E-state index is 14.1. The van der Waals surface area contributed by atoms with Crippen LogP contribution in [-0.4, -0.2) is 53.5 Å². The Morgan fingerprint density at radius 1 is 1.09 bits per heavy atom. The zero-order valence-corrected chi connectivity index (χ0v) is 20.9. The van der Waals surface area contributed by atoms with Crippen LogP contribution in [0.4, 0.5) is 14.5 Å². The van der Waals surface area contributed by atoms with Crippen molar-refractivity contribution in [3.05, 3.63) is 47.5 Å². The predicted octanol–water partition coefficient (Wildman–Crippen LogP) is 3.55. The Kier molecular flexibility index (Phi) is 9.60. The maximum Gasteiger partial charge on any atom is 0.191 e. The van der Waals surface area contributed by atoms with Crippen LogP contribution in [0, 0.1) is 11.6 Å². The summed E-state index contributed by atoms with van der Waals surface area (Å²) in [5.41, 5.74) is 0.831. The molecule has 1 atom stereocenters. The maximum atomic E-state index is 14.1. The summed E-state index contributed by atoms with van der Waals surface area (Å²) < 4.78 is 44.4. The number of anilines is 1. The van der Waals surface area contributed by atoms with Crippen LogP contribution in [0.5, 0.6) is 17.2 Å². The number of hydrogen-bond acceptors (Lipinski definition) is 5. The molecule has 1 saturated heterocycles. The van der Waals surface area contributed by atoms with Crippen molar-refractivity contribution in [1.29, 1.82) is 0 Å². The molecule has 2 aromatic carbocycles. The van der Waals surface area contributed by atoms with Crippen molar-refractivity contribution in [2.24, 2.45) is 4.99 Å². The number of ether oxygens (including phenoxy) is 3. The van der Waals surface area contributed by atoms with Crippen LogP contribution in [0.15, 0.2) is 35.3 Å². The summed E-state index contributed by atoms with van der Waals surface area (Å²) in [6.07, 6.45) is 0.726. The second-order valence-electron chi connectivity index (χ2n) is 7.08. The summed E-state index contributed by atoms with van der Waals surface area (Å²) in [6.45, 7) is 1.41. The summed E-state index contributed by atoms with van der Waals surface area (Å²) in [5.74, 6) is 1.35. The van der Waals surface area contributed by atoms with E-state index in [1.807, 2.05) is 0 Å². The van der Waals surface area contributed by atoms with Crippen molar-refractivity contribution in [1.82, 2.24) is 10.6 Å². The van der Waals surface area contributed by atoms with Crippen molar-refractivity contribution in [3.63, 3.8) is 0 Å². The number of guanidine groups is 1. The van der Waals surface area contributed by atoms with Gasteiger partial charge in [-0.2, -0.15) is 0 Å². The molecule has 2 N–H and O–H groups in total. The van der Waals surface area contributed by atoms with Crippen LogP contribution in [0.25, 0.3) is 0 Å². The average Bonchev–Trinajstić information content (AvgIpc) is 3.23. The minimum atomic E-state index is -0.554. The second kappa shape index (κ2) is 11.9. The van der Waals surface area contributed by atoms with Gasteiger partial charge in [0.1, 0.15) is 34.6 Å². The largest absolute Gasteiger partial charge is 0.496 e. The average molecular weight is 562 g/mol. The van der Waals surface area contributed by atoms with Gasteiger partial charge < -0.3 is 29.7 Å². The van der Waals surface area contributed by atoms with E-state index in [-0.39, 0.29) is 35.7 Å². The monoisotopic (exact) mass is 562 g/mol. The molecule has 0 radical (unpaired) electrons. The number of nitrogens with one attached hydrogen (secondary N) is 2. The molecule has 1 heterocycles. The number of methoxy groups -OCH3 is 3. The Morgan fingerprint density at radius 2 is 1.72 bits per heavy atom. The molecule has 0 aliphatic carbocycles. The Morgan fingerprint density at radius 3 is 2.25 bits per heavy atom. The Balaban J connectivity index is 0.00000363. The molecule has 1 aliphatic rings. The topological polar surface area (TPSA) is 67.4 Å². The van der Waals surface area contributed by atoms with Crippen molar-refractivity contribution >= 4 is 35.6 Å². The SMILES string of the molecule is CN=C(NCc1c(OC)cc(OC)cc1OC)NC1CCN(c2c(F)cccc2F)C1.I. The summed E-state index contributed by atoms with van der Waals surface area (Å²) in [5, 5.41) is 6.57. The molecule has 0 saturated carbocycles. The third-order valence-corrected chi connectivity index (χ3v) is 5.26. The molecule has 2 aromatic rings. The van der Waals surface area contributed by atoms with Gasteiger partial charge >= 0.3 is 0 Å². The first-order valence-electron chi connectivity index (χ1n) is 9.95. The second-order valence-corrected chi connectivity index (χ2v) is 7.08. The van der Waals surface area contributed by atoms with Crippen molar-refractivity contribution in [2.45, 2.75) is 19.0 Å². The van der Waals surface area contributed by atoms with Gasteiger partial charge in [0.2, 0.25) is 0 Å². The fraction of sp³-hybridized carbons (Fsp3) is 0.409. The zero-order chi connectivity index (χ0) is 22.4. The molecule has 0 aromatic heterocycles. The highest BCUT2D eigenvalue weighted by atomic mass is 127. The molecule has 0 bridgehead atoms. The van der Waals surface area contributed by atoms with Gasteiger partial charge in [-0.15, -0.1) is 24.0 Å². The molecule has 7 nitrogen and oxygen atoms in total. The fourth-order valence-corrected chi connectivity index (χ4v) is 3.68. The van der Waals surface area contributed by atoms with Gasteiger partial charge in [-0.25, -0.2) is 8.78 Å². The van der Waals surface area contributed by atoms with Crippen LogP contribution in [0.2, 0.25) is 0 Å². The molecule has 176 valence electrons. The van der Waals surface area contributed by atoms with E-state index >= 15 is 0 Å². The lowest BCUT2D eigenvalue weighted by Gasteiger charge is -2.22. The van der Waals surface area contributed by atoms with Gasteiger partial charge in [0.05, 0.1) is 33.4 Å². The Hall–Kier alpha value is -2.50. The summed E-state index contributed by atoms with van der Waals surface area (Å²) in [7, 11) is 6.41. The third-order valence-electron chi connectivity index (χ3n) is 5.26. The Bertz CT molecular complexity index is 900. The number of benzene rings is 2. The van der Waals surface area contributed by atoms with E-state index in [0.717, 1.165) is 12.0 Å². The number of nitrogens with zero attached hydrogens (tertiary/aromatic N) is 2. The summed E-state index contributed by atoms with van der Waals surface area (Å²) in [6, 6.07) is 7.48.